The lowest BCUT2D eigenvalue weighted by atomic mass is 9.91. The van der Waals surface area contributed by atoms with Crippen LogP contribution in [-0.4, -0.2) is 70.5 Å². The van der Waals surface area contributed by atoms with Gasteiger partial charge in [-0.25, -0.2) is 0 Å². The fourth-order valence-corrected chi connectivity index (χ4v) is 3.94. The topological polar surface area (TPSA) is 100 Å². The van der Waals surface area contributed by atoms with Gasteiger partial charge >= 0.3 is 0 Å². The van der Waals surface area contributed by atoms with Gasteiger partial charge in [0.05, 0.1) is 18.3 Å². The molecule has 3 fully saturated rings. The number of pyridine rings is 1. The molecule has 1 saturated carbocycles. The summed E-state index contributed by atoms with van der Waals surface area (Å²) in [5.41, 5.74) is 0.870. The van der Waals surface area contributed by atoms with Crippen LogP contribution in [0.3, 0.4) is 0 Å². The lowest BCUT2D eigenvalue weighted by Crippen LogP contribution is -2.46. The number of ether oxygens (including phenoxy) is 1. The van der Waals surface area contributed by atoms with Crippen molar-refractivity contribution in [3.8, 4) is 0 Å². The Morgan fingerprint density at radius 1 is 1.36 bits per heavy atom. The van der Waals surface area contributed by atoms with Gasteiger partial charge in [-0.15, -0.1) is 0 Å². The summed E-state index contributed by atoms with van der Waals surface area (Å²) >= 11 is 0. The first-order chi connectivity index (χ1) is 13.5. The van der Waals surface area contributed by atoms with Crippen molar-refractivity contribution in [1.82, 2.24) is 14.8 Å². The van der Waals surface area contributed by atoms with E-state index in [4.69, 9.17) is 14.6 Å². The molecule has 0 radical (unpaired) electrons. The zero-order valence-corrected chi connectivity index (χ0v) is 16.1. The molecular formula is C20H27N3O5. The number of fused-ring (bicyclic) bond motifs is 1. The Morgan fingerprint density at radius 2 is 2.11 bits per heavy atom. The van der Waals surface area contributed by atoms with Crippen molar-refractivity contribution in [1.29, 1.82) is 0 Å². The molecule has 2 saturated heterocycles. The van der Waals surface area contributed by atoms with Crippen molar-refractivity contribution in [2.75, 3.05) is 20.1 Å². The highest BCUT2D eigenvalue weighted by molar-refractivity contribution is 5.82. The molecule has 0 unspecified atom stereocenters. The van der Waals surface area contributed by atoms with Crippen LogP contribution in [0.5, 0.6) is 0 Å². The zero-order chi connectivity index (χ0) is 20.1. The van der Waals surface area contributed by atoms with E-state index in [0.29, 0.717) is 19.0 Å². The molecule has 2 amide bonds. The second kappa shape index (κ2) is 9.14. The number of amides is 2. The van der Waals surface area contributed by atoms with Crippen molar-refractivity contribution in [3.63, 3.8) is 0 Å². The number of carboxylic acid groups (broad SMARTS) is 1. The maximum Gasteiger partial charge on any atom is 0.290 e. The highest BCUT2D eigenvalue weighted by Gasteiger charge is 2.45. The van der Waals surface area contributed by atoms with E-state index in [0.717, 1.165) is 37.9 Å². The van der Waals surface area contributed by atoms with Gasteiger partial charge in [0.15, 0.2) is 0 Å². The minimum atomic E-state index is -0.389. The van der Waals surface area contributed by atoms with Gasteiger partial charge < -0.3 is 19.6 Å². The van der Waals surface area contributed by atoms with E-state index in [-0.39, 0.29) is 36.4 Å². The van der Waals surface area contributed by atoms with Gasteiger partial charge in [-0.1, -0.05) is 6.07 Å². The molecule has 8 heteroatoms. The number of rotatable bonds is 4. The van der Waals surface area contributed by atoms with Crippen molar-refractivity contribution in [3.05, 3.63) is 30.1 Å². The number of piperidine rings is 1. The predicted molar refractivity (Wildman–Crippen MR) is 100 cm³/mol. The first kappa shape index (κ1) is 20.3. The first-order valence-corrected chi connectivity index (χ1v) is 9.70. The Bertz CT molecular complexity index is 694. The fraction of sp³-hybridized carbons (Fsp3) is 0.600. The van der Waals surface area contributed by atoms with Crippen molar-refractivity contribution < 1.29 is 24.2 Å². The summed E-state index contributed by atoms with van der Waals surface area (Å²) in [4.78, 5) is 41.3. The van der Waals surface area contributed by atoms with Gasteiger partial charge in [0.25, 0.3) is 12.4 Å². The van der Waals surface area contributed by atoms with Crippen LogP contribution in [0.4, 0.5) is 0 Å². The number of likely N-dealkylation sites (N-methyl/N-ethyl adjacent to an activating group) is 1. The van der Waals surface area contributed by atoms with Crippen molar-refractivity contribution in [2.24, 2.45) is 11.8 Å². The molecule has 1 aliphatic carbocycles. The lowest BCUT2D eigenvalue weighted by Gasteiger charge is -2.34. The zero-order valence-electron chi connectivity index (χ0n) is 16.1. The molecule has 1 aromatic rings. The summed E-state index contributed by atoms with van der Waals surface area (Å²) in [6.07, 6.45) is 5.12. The van der Waals surface area contributed by atoms with Crippen LogP contribution in [0.15, 0.2) is 24.4 Å². The third kappa shape index (κ3) is 4.86. The summed E-state index contributed by atoms with van der Waals surface area (Å²) in [7, 11) is 1.80. The molecule has 8 nitrogen and oxygen atoms in total. The van der Waals surface area contributed by atoms with Gasteiger partial charge in [-0.3, -0.25) is 19.4 Å². The smallest absolute Gasteiger partial charge is 0.290 e. The molecule has 3 aliphatic rings. The molecule has 0 bridgehead atoms. The van der Waals surface area contributed by atoms with Crippen LogP contribution in [0.1, 0.15) is 31.4 Å². The highest BCUT2D eigenvalue weighted by Crippen LogP contribution is 2.37. The molecule has 0 aromatic carbocycles. The van der Waals surface area contributed by atoms with Gasteiger partial charge in [0.2, 0.25) is 5.91 Å². The summed E-state index contributed by atoms with van der Waals surface area (Å²) in [6, 6.07) is 5.71. The van der Waals surface area contributed by atoms with Crippen LogP contribution in [0.25, 0.3) is 0 Å². The van der Waals surface area contributed by atoms with Crippen molar-refractivity contribution >= 4 is 18.3 Å². The largest absolute Gasteiger partial charge is 0.483 e. The standard InChI is InChI=1S/C19H25N3O3.CH2O2/c1-21(11-15-4-2-3-8-20-15)19(24)16-10-14-7-9-22(12-17(14)25-16)18(23)13-5-6-13;2-1-3/h2-4,8,13-14,16-17H,5-7,9-12H2,1H3;1H,(H,2,3)/t14-,16+,17-;/m0./s1. The number of carbonyl (C=O) groups excluding carboxylic acids is 2. The Labute approximate surface area is 164 Å². The quantitative estimate of drug-likeness (QED) is 0.776. The van der Waals surface area contributed by atoms with E-state index >= 15 is 0 Å². The van der Waals surface area contributed by atoms with E-state index in [1.165, 1.54) is 0 Å². The average Bonchev–Trinajstić information content (AvgIpc) is 3.46. The number of likely N-dealkylation sites (tertiary alicyclic amines) is 1. The number of hydrogen-bond donors (Lipinski definition) is 1. The Kier molecular flexibility index (Phi) is 6.61. The van der Waals surface area contributed by atoms with E-state index in [9.17, 15) is 9.59 Å². The number of carbonyl (C=O) groups is 3. The van der Waals surface area contributed by atoms with Gasteiger partial charge in [-0.05, 0) is 43.7 Å². The average molecular weight is 389 g/mol. The number of hydrogen-bond acceptors (Lipinski definition) is 5. The van der Waals surface area contributed by atoms with Crippen LogP contribution in [-0.2, 0) is 25.7 Å². The van der Waals surface area contributed by atoms with E-state index in [1.807, 2.05) is 23.1 Å². The molecule has 4 rings (SSSR count). The minimum absolute atomic E-state index is 0.00801. The molecule has 3 atom stereocenters. The van der Waals surface area contributed by atoms with Crippen LogP contribution < -0.4 is 0 Å². The van der Waals surface area contributed by atoms with E-state index < -0.39 is 0 Å². The van der Waals surface area contributed by atoms with Gasteiger partial charge in [0.1, 0.15) is 6.10 Å². The lowest BCUT2D eigenvalue weighted by molar-refractivity contribution is -0.144. The minimum Gasteiger partial charge on any atom is -0.483 e. The molecule has 1 N–H and O–H groups in total. The molecule has 0 spiro atoms. The van der Waals surface area contributed by atoms with E-state index in [1.54, 1.807) is 18.1 Å². The van der Waals surface area contributed by atoms with Crippen LogP contribution >= 0.6 is 0 Å². The molecule has 28 heavy (non-hydrogen) atoms. The van der Waals surface area contributed by atoms with Gasteiger partial charge in [-0.2, -0.15) is 0 Å². The summed E-state index contributed by atoms with van der Waals surface area (Å²) in [5.74, 6) is 0.935. The third-order valence-electron chi connectivity index (χ3n) is 5.57. The van der Waals surface area contributed by atoms with Gasteiger partial charge in [0, 0.05) is 32.3 Å². The molecule has 152 valence electrons. The second-order valence-corrected chi connectivity index (χ2v) is 7.63. The molecule has 3 heterocycles. The van der Waals surface area contributed by atoms with E-state index in [2.05, 4.69) is 4.98 Å². The molecule has 2 aliphatic heterocycles. The van der Waals surface area contributed by atoms with Crippen LogP contribution in [0.2, 0.25) is 0 Å². The van der Waals surface area contributed by atoms with Crippen LogP contribution in [0, 0.1) is 11.8 Å². The summed E-state index contributed by atoms with van der Waals surface area (Å²) in [5, 5.41) is 6.89. The SMILES string of the molecule is CN(Cc1ccccn1)C(=O)[C@H]1C[C@@H]2CCN(C(=O)C3CC3)C[C@@H]2O1.O=CO. The highest BCUT2D eigenvalue weighted by atomic mass is 16.5. The Hall–Kier alpha value is -2.48. The Balaban J connectivity index is 0.000000706. The van der Waals surface area contributed by atoms with Crippen molar-refractivity contribution in [2.45, 2.75) is 44.4 Å². The molecular weight excluding hydrogens is 362 g/mol. The second-order valence-electron chi connectivity index (χ2n) is 7.63. The predicted octanol–water partition coefficient (Wildman–Crippen LogP) is 1.16. The fourth-order valence-electron chi connectivity index (χ4n) is 3.94. The normalized spacial score (nSPS) is 25.9. The number of nitrogens with zero attached hydrogens (tertiary/aromatic N) is 3. The maximum absolute atomic E-state index is 12.7. The number of aromatic nitrogens is 1. The summed E-state index contributed by atoms with van der Waals surface area (Å²) < 4.78 is 6.06. The molecule has 1 aromatic heterocycles. The monoisotopic (exact) mass is 389 g/mol. The summed E-state index contributed by atoms with van der Waals surface area (Å²) in [6.45, 7) is 1.69. The first-order valence-electron chi connectivity index (χ1n) is 9.70. The maximum atomic E-state index is 12.7. The third-order valence-corrected chi connectivity index (χ3v) is 5.57. The Morgan fingerprint density at radius 3 is 2.75 bits per heavy atom.